The topological polar surface area (TPSA) is 106 Å². The highest BCUT2D eigenvalue weighted by Gasteiger charge is 2.28. The molecular weight excluding hydrogens is 320 g/mol. The Labute approximate surface area is 146 Å². The Balaban J connectivity index is 1.56. The van der Waals surface area contributed by atoms with Crippen molar-refractivity contribution in [2.75, 3.05) is 25.9 Å². The maximum atomic E-state index is 12.2. The van der Waals surface area contributed by atoms with Crippen LogP contribution in [0.3, 0.4) is 0 Å². The molecule has 8 nitrogen and oxygen atoms in total. The number of aryl methyl sites for hydroxylation is 1. The Hall–Kier alpha value is -2.58. The molecule has 0 spiro atoms. The van der Waals surface area contributed by atoms with E-state index in [2.05, 4.69) is 21.3 Å². The number of nitrogens with one attached hydrogen (secondary N) is 3. The molecule has 2 unspecified atom stereocenters. The predicted octanol–water partition coefficient (Wildman–Crippen LogP) is 0.364. The highest BCUT2D eigenvalue weighted by atomic mass is 16.5. The van der Waals surface area contributed by atoms with Gasteiger partial charge in [-0.15, -0.1) is 0 Å². The molecule has 134 valence electrons. The van der Waals surface area contributed by atoms with Crippen molar-refractivity contribution in [1.82, 2.24) is 25.9 Å². The molecule has 1 aliphatic heterocycles. The van der Waals surface area contributed by atoms with Gasteiger partial charge < -0.3 is 15.8 Å². The number of carbonyl (C=O) groups is 1. The van der Waals surface area contributed by atoms with E-state index in [1.807, 2.05) is 31.2 Å². The van der Waals surface area contributed by atoms with Crippen LogP contribution in [-0.4, -0.2) is 35.9 Å². The van der Waals surface area contributed by atoms with E-state index in [1.54, 1.807) is 13.2 Å². The van der Waals surface area contributed by atoms with Gasteiger partial charge in [0.15, 0.2) is 0 Å². The first-order valence-electron chi connectivity index (χ1n) is 8.26. The van der Waals surface area contributed by atoms with Crippen molar-refractivity contribution in [2.45, 2.75) is 19.5 Å². The van der Waals surface area contributed by atoms with Gasteiger partial charge in [-0.1, -0.05) is 12.1 Å². The number of aromatic nitrogens is 2. The summed E-state index contributed by atoms with van der Waals surface area (Å²) in [5.41, 5.74) is 14.2. The summed E-state index contributed by atoms with van der Waals surface area (Å²) < 4.78 is 6.70. The van der Waals surface area contributed by atoms with Crippen LogP contribution in [0.5, 0.6) is 5.75 Å². The van der Waals surface area contributed by atoms with Gasteiger partial charge >= 0.3 is 0 Å². The van der Waals surface area contributed by atoms with Gasteiger partial charge in [0.05, 0.1) is 18.8 Å². The average molecular weight is 344 g/mol. The Morgan fingerprint density at radius 1 is 1.44 bits per heavy atom. The SMILES string of the molecule is COc1ccc(C2NNCC2CNC(=O)Cn2nc(C)cc2N)cc1. The summed E-state index contributed by atoms with van der Waals surface area (Å²) in [4.78, 5) is 12.2. The van der Waals surface area contributed by atoms with Gasteiger partial charge in [-0.25, -0.2) is 10.1 Å². The fourth-order valence-electron chi connectivity index (χ4n) is 3.02. The average Bonchev–Trinajstić information content (AvgIpc) is 3.19. The fourth-order valence-corrected chi connectivity index (χ4v) is 3.02. The number of anilines is 1. The smallest absolute Gasteiger partial charge is 0.241 e. The summed E-state index contributed by atoms with van der Waals surface area (Å²) in [6.07, 6.45) is 0. The molecule has 0 bridgehead atoms. The second kappa shape index (κ2) is 7.54. The lowest BCUT2D eigenvalue weighted by Crippen LogP contribution is -2.35. The second-order valence-corrected chi connectivity index (χ2v) is 6.21. The standard InChI is InChI=1S/C17H24N6O2/c1-11-7-15(18)23(22-11)10-16(24)19-8-13-9-20-21-17(13)12-3-5-14(25-2)6-4-12/h3-7,13,17,20-21H,8-10,18H2,1-2H3,(H,19,24). The summed E-state index contributed by atoms with van der Waals surface area (Å²) in [7, 11) is 1.65. The number of nitrogen functional groups attached to an aromatic ring is 1. The molecular formula is C17H24N6O2. The maximum Gasteiger partial charge on any atom is 0.241 e. The second-order valence-electron chi connectivity index (χ2n) is 6.21. The van der Waals surface area contributed by atoms with Gasteiger partial charge in [0.1, 0.15) is 18.1 Å². The molecule has 25 heavy (non-hydrogen) atoms. The van der Waals surface area contributed by atoms with Crippen molar-refractivity contribution in [2.24, 2.45) is 5.92 Å². The Morgan fingerprint density at radius 2 is 2.20 bits per heavy atom. The number of benzene rings is 1. The van der Waals surface area contributed by atoms with Crippen molar-refractivity contribution in [3.63, 3.8) is 0 Å². The van der Waals surface area contributed by atoms with Crippen LogP contribution in [0.25, 0.3) is 0 Å². The van der Waals surface area contributed by atoms with E-state index in [0.29, 0.717) is 12.4 Å². The van der Waals surface area contributed by atoms with Crippen LogP contribution in [0.2, 0.25) is 0 Å². The summed E-state index contributed by atoms with van der Waals surface area (Å²) in [5, 5.41) is 7.17. The summed E-state index contributed by atoms with van der Waals surface area (Å²) >= 11 is 0. The number of hydrazine groups is 1. The van der Waals surface area contributed by atoms with Crippen molar-refractivity contribution < 1.29 is 9.53 Å². The van der Waals surface area contributed by atoms with Crippen molar-refractivity contribution in [1.29, 1.82) is 0 Å². The van der Waals surface area contributed by atoms with Gasteiger partial charge in [0.25, 0.3) is 0 Å². The highest BCUT2D eigenvalue weighted by molar-refractivity contribution is 5.76. The molecule has 2 aromatic rings. The molecule has 1 aliphatic rings. The molecule has 2 atom stereocenters. The van der Waals surface area contributed by atoms with Crippen molar-refractivity contribution >= 4 is 11.7 Å². The number of hydrogen-bond donors (Lipinski definition) is 4. The van der Waals surface area contributed by atoms with Gasteiger partial charge in [-0.3, -0.25) is 10.2 Å². The Morgan fingerprint density at radius 3 is 2.84 bits per heavy atom. The minimum Gasteiger partial charge on any atom is -0.497 e. The molecule has 1 fully saturated rings. The zero-order valence-electron chi connectivity index (χ0n) is 14.5. The molecule has 3 rings (SSSR count). The maximum absolute atomic E-state index is 12.2. The molecule has 1 amide bonds. The van der Waals surface area contributed by atoms with Gasteiger partial charge in [-0.05, 0) is 24.6 Å². The van der Waals surface area contributed by atoms with E-state index in [1.165, 1.54) is 4.68 Å². The summed E-state index contributed by atoms with van der Waals surface area (Å²) in [6, 6.07) is 9.82. The molecule has 2 heterocycles. The lowest BCUT2D eigenvalue weighted by atomic mass is 9.95. The van der Waals surface area contributed by atoms with Crippen LogP contribution in [0.15, 0.2) is 30.3 Å². The largest absolute Gasteiger partial charge is 0.497 e. The predicted molar refractivity (Wildman–Crippen MR) is 94.7 cm³/mol. The molecule has 1 aromatic carbocycles. The quantitative estimate of drug-likeness (QED) is 0.603. The molecule has 8 heteroatoms. The van der Waals surface area contributed by atoms with E-state index < -0.39 is 0 Å². The van der Waals surface area contributed by atoms with Crippen LogP contribution >= 0.6 is 0 Å². The summed E-state index contributed by atoms with van der Waals surface area (Å²) in [5.74, 6) is 1.46. The van der Waals surface area contributed by atoms with Crippen molar-refractivity contribution in [3.8, 4) is 5.75 Å². The van der Waals surface area contributed by atoms with E-state index >= 15 is 0 Å². The minimum absolute atomic E-state index is 0.102. The normalized spacial score (nSPS) is 19.8. The van der Waals surface area contributed by atoms with Crippen LogP contribution < -0.4 is 26.6 Å². The monoisotopic (exact) mass is 344 g/mol. The molecule has 1 saturated heterocycles. The number of amides is 1. The lowest BCUT2D eigenvalue weighted by Gasteiger charge is -2.19. The van der Waals surface area contributed by atoms with Crippen LogP contribution in [0.4, 0.5) is 5.82 Å². The Bertz CT molecular complexity index is 727. The first kappa shape index (κ1) is 17.2. The van der Waals surface area contributed by atoms with Gasteiger partial charge in [-0.2, -0.15) is 5.10 Å². The number of rotatable bonds is 6. The molecule has 0 saturated carbocycles. The highest BCUT2D eigenvalue weighted by Crippen LogP contribution is 2.26. The third-order valence-electron chi connectivity index (χ3n) is 4.36. The number of carbonyl (C=O) groups excluding carboxylic acids is 1. The first-order valence-corrected chi connectivity index (χ1v) is 8.26. The Kier molecular flexibility index (Phi) is 5.20. The van der Waals surface area contributed by atoms with Gasteiger partial charge in [0, 0.05) is 25.1 Å². The first-order chi connectivity index (χ1) is 12.1. The lowest BCUT2D eigenvalue weighted by molar-refractivity contribution is -0.122. The van der Waals surface area contributed by atoms with Crippen LogP contribution in [-0.2, 0) is 11.3 Å². The summed E-state index contributed by atoms with van der Waals surface area (Å²) in [6.45, 7) is 3.32. The van der Waals surface area contributed by atoms with Gasteiger partial charge in [0.2, 0.25) is 5.91 Å². The number of ether oxygens (including phenoxy) is 1. The molecule has 5 N–H and O–H groups in total. The minimum atomic E-state index is -0.102. The van der Waals surface area contributed by atoms with E-state index in [9.17, 15) is 4.79 Å². The van der Waals surface area contributed by atoms with Crippen molar-refractivity contribution in [3.05, 3.63) is 41.6 Å². The zero-order valence-corrected chi connectivity index (χ0v) is 14.5. The van der Waals surface area contributed by atoms with Crippen LogP contribution in [0, 0.1) is 12.8 Å². The molecule has 1 aromatic heterocycles. The van der Waals surface area contributed by atoms with E-state index in [-0.39, 0.29) is 24.4 Å². The third-order valence-corrected chi connectivity index (χ3v) is 4.36. The number of nitrogens with zero attached hydrogens (tertiary/aromatic N) is 2. The zero-order chi connectivity index (χ0) is 17.8. The number of hydrogen-bond acceptors (Lipinski definition) is 6. The van der Waals surface area contributed by atoms with E-state index in [4.69, 9.17) is 10.5 Å². The fraction of sp³-hybridized carbons (Fsp3) is 0.412. The molecule has 0 aliphatic carbocycles. The number of nitrogens with two attached hydrogens (primary N) is 1. The van der Waals surface area contributed by atoms with E-state index in [0.717, 1.165) is 23.6 Å². The third kappa shape index (κ3) is 4.09. The number of methoxy groups -OCH3 is 1. The molecule has 0 radical (unpaired) electrons. The van der Waals surface area contributed by atoms with Crippen LogP contribution in [0.1, 0.15) is 17.3 Å².